The predicted octanol–water partition coefficient (Wildman–Crippen LogP) is 4.00. The van der Waals surface area contributed by atoms with E-state index in [1.807, 2.05) is 43.3 Å². The average Bonchev–Trinajstić information content (AvgIpc) is 2.55. The number of rotatable bonds is 3. The summed E-state index contributed by atoms with van der Waals surface area (Å²) in [5.74, 6) is 0.345. The molecule has 0 radical (unpaired) electrons. The second kappa shape index (κ2) is 7.00. The molecule has 0 saturated heterocycles. The zero-order valence-electron chi connectivity index (χ0n) is 12.6. The molecule has 0 bridgehead atoms. The fourth-order valence-corrected chi connectivity index (χ4v) is 3.72. The summed E-state index contributed by atoms with van der Waals surface area (Å²) in [6, 6.07) is 11.6. The maximum absolute atomic E-state index is 12.6. The molecule has 1 heterocycles. The van der Waals surface area contributed by atoms with Crippen molar-refractivity contribution in [2.24, 2.45) is 0 Å². The van der Waals surface area contributed by atoms with Crippen LogP contribution >= 0.6 is 35.4 Å². The number of fused-ring (bicyclic) bond motifs is 1. The number of halogens is 1. The Morgan fingerprint density at radius 1 is 1.39 bits per heavy atom. The lowest BCUT2D eigenvalue weighted by Crippen LogP contribution is -2.28. The highest BCUT2D eigenvalue weighted by Gasteiger charge is 2.28. The van der Waals surface area contributed by atoms with Gasteiger partial charge in [-0.25, -0.2) is 4.79 Å². The number of hydrogen-bond donors (Lipinski definition) is 1. The van der Waals surface area contributed by atoms with E-state index in [9.17, 15) is 4.79 Å². The summed E-state index contributed by atoms with van der Waals surface area (Å²) in [6.07, 6.45) is 0. The monoisotopic (exact) mass is 441 g/mol. The van der Waals surface area contributed by atoms with Crippen molar-refractivity contribution in [1.82, 2.24) is 0 Å². The van der Waals surface area contributed by atoms with Crippen molar-refractivity contribution in [3.8, 4) is 5.75 Å². The molecule has 2 aromatic carbocycles. The fraction of sp³-hybridized carbons (Fsp3) is 0.235. The van der Waals surface area contributed by atoms with Gasteiger partial charge in [0.15, 0.2) is 0 Å². The molecule has 6 heteroatoms. The Morgan fingerprint density at radius 2 is 2.13 bits per heavy atom. The summed E-state index contributed by atoms with van der Waals surface area (Å²) in [5, 5.41) is 0. The summed E-state index contributed by atoms with van der Waals surface area (Å²) in [5.41, 5.74) is 3.15. The summed E-state index contributed by atoms with van der Waals surface area (Å²) >= 11 is 6.63. The van der Waals surface area contributed by atoms with E-state index in [4.69, 9.17) is 9.47 Å². The largest absolute Gasteiger partial charge is 0.489 e. The number of anilines is 1. The summed E-state index contributed by atoms with van der Waals surface area (Å²) < 4.78 is 13.8. The van der Waals surface area contributed by atoms with Crippen LogP contribution in [0.25, 0.3) is 0 Å². The Kier molecular flexibility index (Phi) is 5.01. The van der Waals surface area contributed by atoms with E-state index < -0.39 is 0 Å². The third kappa shape index (κ3) is 3.42. The lowest BCUT2D eigenvalue weighted by Gasteiger charge is -2.30. The first-order valence-corrected chi connectivity index (χ1v) is 8.69. The van der Waals surface area contributed by atoms with E-state index in [-0.39, 0.29) is 12.6 Å². The van der Waals surface area contributed by atoms with Crippen LogP contribution in [0.2, 0.25) is 0 Å². The van der Waals surface area contributed by atoms with Gasteiger partial charge in [-0.05, 0) is 46.7 Å². The molecule has 0 unspecified atom stereocenters. The number of aryl methyl sites for hydroxylation is 1. The number of benzene rings is 2. The SMILES string of the molecule is Cc1cc(I)c(C(=O)OCc2ccccc2)c2c1OCCN2S. The van der Waals surface area contributed by atoms with E-state index in [2.05, 4.69) is 35.4 Å². The number of hydrogen-bond acceptors (Lipinski definition) is 5. The zero-order chi connectivity index (χ0) is 16.4. The van der Waals surface area contributed by atoms with Crippen LogP contribution in [-0.4, -0.2) is 19.1 Å². The van der Waals surface area contributed by atoms with Crippen LogP contribution in [0.3, 0.4) is 0 Å². The minimum Gasteiger partial charge on any atom is -0.489 e. The van der Waals surface area contributed by atoms with Gasteiger partial charge in [0.25, 0.3) is 0 Å². The molecule has 0 N–H and O–H groups in total. The average molecular weight is 441 g/mol. The second-order valence-electron chi connectivity index (χ2n) is 5.26. The van der Waals surface area contributed by atoms with Gasteiger partial charge in [-0.3, -0.25) is 0 Å². The molecule has 0 spiro atoms. The predicted molar refractivity (Wildman–Crippen MR) is 101 cm³/mol. The van der Waals surface area contributed by atoms with Gasteiger partial charge in [0.2, 0.25) is 0 Å². The molecule has 23 heavy (non-hydrogen) atoms. The van der Waals surface area contributed by atoms with Crippen molar-refractivity contribution >= 4 is 47.1 Å². The van der Waals surface area contributed by atoms with Gasteiger partial charge in [0, 0.05) is 3.57 Å². The van der Waals surface area contributed by atoms with Crippen LogP contribution < -0.4 is 9.04 Å². The lowest BCUT2D eigenvalue weighted by molar-refractivity contribution is 0.0471. The number of nitrogens with zero attached hydrogens (tertiary/aromatic N) is 1. The van der Waals surface area contributed by atoms with Crippen LogP contribution in [0, 0.1) is 10.5 Å². The van der Waals surface area contributed by atoms with Gasteiger partial charge >= 0.3 is 5.97 Å². The van der Waals surface area contributed by atoms with Crippen LogP contribution in [0.4, 0.5) is 5.69 Å². The van der Waals surface area contributed by atoms with Gasteiger partial charge in [-0.15, -0.1) is 0 Å². The number of esters is 1. The molecule has 120 valence electrons. The van der Waals surface area contributed by atoms with Gasteiger partial charge in [-0.2, -0.15) is 0 Å². The summed E-state index contributed by atoms with van der Waals surface area (Å²) in [4.78, 5) is 12.6. The molecule has 2 aromatic rings. The smallest absolute Gasteiger partial charge is 0.341 e. The Bertz CT molecular complexity index is 736. The van der Waals surface area contributed by atoms with Crippen molar-refractivity contribution in [3.05, 3.63) is 56.7 Å². The molecule has 0 atom stereocenters. The number of carbonyl (C=O) groups excluding carboxylic acids is 1. The molecule has 1 aliphatic heterocycles. The molecule has 0 aliphatic carbocycles. The number of carbonyl (C=O) groups is 1. The van der Waals surface area contributed by atoms with Crippen molar-refractivity contribution in [3.63, 3.8) is 0 Å². The third-order valence-corrected chi connectivity index (χ3v) is 4.87. The highest BCUT2D eigenvalue weighted by atomic mass is 127. The lowest BCUT2D eigenvalue weighted by atomic mass is 10.1. The first-order chi connectivity index (χ1) is 11.1. The Labute approximate surface area is 154 Å². The minimum absolute atomic E-state index is 0.242. The van der Waals surface area contributed by atoms with Gasteiger partial charge in [0.1, 0.15) is 30.2 Å². The van der Waals surface area contributed by atoms with E-state index >= 15 is 0 Å². The number of thiol groups is 1. The maximum Gasteiger partial charge on any atom is 0.341 e. The van der Waals surface area contributed by atoms with E-state index in [1.165, 1.54) is 0 Å². The summed E-state index contributed by atoms with van der Waals surface area (Å²) in [6.45, 7) is 3.38. The first kappa shape index (κ1) is 16.4. The Balaban J connectivity index is 1.91. The second-order valence-corrected chi connectivity index (χ2v) is 6.91. The van der Waals surface area contributed by atoms with Gasteiger partial charge in [0.05, 0.1) is 6.54 Å². The molecular weight excluding hydrogens is 425 g/mol. The Hall–Kier alpha value is -1.41. The van der Waals surface area contributed by atoms with Crippen LogP contribution in [0.15, 0.2) is 36.4 Å². The normalized spacial score (nSPS) is 13.3. The number of ether oxygens (including phenoxy) is 2. The molecule has 0 amide bonds. The van der Waals surface area contributed by atoms with Crippen molar-refractivity contribution in [2.75, 3.05) is 17.5 Å². The summed E-state index contributed by atoms with van der Waals surface area (Å²) in [7, 11) is 0. The van der Waals surface area contributed by atoms with Crippen LogP contribution in [-0.2, 0) is 11.3 Å². The minimum atomic E-state index is -0.362. The molecule has 0 aromatic heterocycles. The molecule has 0 fully saturated rings. The molecule has 3 rings (SSSR count). The fourth-order valence-electron chi connectivity index (χ4n) is 2.51. The van der Waals surface area contributed by atoms with Gasteiger partial charge < -0.3 is 13.8 Å². The molecule has 1 aliphatic rings. The van der Waals surface area contributed by atoms with Crippen LogP contribution in [0.5, 0.6) is 5.75 Å². The van der Waals surface area contributed by atoms with E-state index in [0.29, 0.717) is 30.2 Å². The highest BCUT2D eigenvalue weighted by molar-refractivity contribution is 14.1. The van der Waals surface area contributed by atoms with Gasteiger partial charge in [-0.1, -0.05) is 43.1 Å². The Morgan fingerprint density at radius 3 is 2.87 bits per heavy atom. The van der Waals surface area contributed by atoms with E-state index in [0.717, 1.165) is 14.7 Å². The van der Waals surface area contributed by atoms with Crippen molar-refractivity contribution in [1.29, 1.82) is 0 Å². The van der Waals surface area contributed by atoms with Crippen molar-refractivity contribution < 1.29 is 14.3 Å². The quantitative estimate of drug-likeness (QED) is 0.444. The van der Waals surface area contributed by atoms with E-state index in [1.54, 1.807) is 4.31 Å². The molecule has 4 nitrogen and oxygen atoms in total. The molecule has 0 saturated carbocycles. The topological polar surface area (TPSA) is 38.8 Å². The highest BCUT2D eigenvalue weighted by Crippen LogP contribution is 2.41. The standard InChI is InChI=1S/C17H16INO3S/c1-11-9-13(18)14(15-16(11)21-8-7-19(15)23)17(20)22-10-12-5-3-2-4-6-12/h2-6,9,23H,7-8,10H2,1H3. The maximum atomic E-state index is 12.6. The third-order valence-electron chi connectivity index (χ3n) is 3.62. The zero-order valence-corrected chi connectivity index (χ0v) is 15.6. The van der Waals surface area contributed by atoms with Crippen molar-refractivity contribution in [2.45, 2.75) is 13.5 Å². The van der Waals surface area contributed by atoms with Crippen LogP contribution in [0.1, 0.15) is 21.5 Å². The first-order valence-electron chi connectivity index (χ1n) is 7.21. The molecular formula is C17H16INO3S.